The third kappa shape index (κ3) is 2.67. The zero-order valence-electron chi connectivity index (χ0n) is 6.66. The average molecular weight is 139 g/mol. The molecule has 0 aromatic carbocycles. The molecule has 0 fully saturated rings. The van der Waals surface area contributed by atoms with Crippen molar-refractivity contribution in [1.82, 2.24) is 4.90 Å². The molecule has 0 aromatic heterocycles. The van der Waals surface area contributed by atoms with Gasteiger partial charge in [0.05, 0.1) is 0 Å². The molecule has 2 radical (unpaired) electrons. The quantitative estimate of drug-likeness (QED) is 0.525. The number of likely N-dealkylation sites (N-methyl/N-ethyl adjacent to an activating group) is 1. The summed E-state index contributed by atoms with van der Waals surface area (Å²) in [5.74, 6) is -0.0579. The second-order valence-electron chi connectivity index (χ2n) is 2.40. The highest BCUT2D eigenvalue weighted by molar-refractivity contribution is 5.87. The molecule has 0 aliphatic heterocycles. The molecule has 0 N–H and O–H groups in total. The van der Waals surface area contributed by atoms with Crippen molar-refractivity contribution in [1.29, 1.82) is 0 Å². The Kier molecular flexibility index (Phi) is 3.77. The minimum absolute atomic E-state index is 0.0579. The van der Waals surface area contributed by atoms with E-state index in [1.807, 2.05) is 13.8 Å². The molecule has 0 aliphatic rings. The largest absolute Gasteiger partial charge is 0.340 e. The van der Waals surface area contributed by atoms with E-state index in [0.717, 1.165) is 0 Å². The molecule has 0 unspecified atom stereocenters. The Balaban J connectivity index is 3.95. The third-order valence-electron chi connectivity index (χ3n) is 1.36. The average Bonchev–Trinajstić information content (AvgIpc) is 1.87. The molecule has 0 spiro atoms. The van der Waals surface area contributed by atoms with Crippen LogP contribution in [0.4, 0.5) is 0 Å². The van der Waals surface area contributed by atoms with Gasteiger partial charge in [-0.05, 0) is 26.8 Å². The maximum atomic E-state index is 10.9. The summed E-state index contributed by atoms with van der Waals surface area (Å²) in [5, 5.41) is 0. The Bertz CT molecular complexity index is 138. The van der Waals surface area contributed by atoms with Crippen molar-refractivity contribution in [3.05, 3.63) is 19.1 Å². The maximum Gasteiger partial charge on any atom is 0.246 e. The number of nitrogens with zero attached hydrogens (tertiary/aromatic N) is 1. The lowest BCUT2D eigenvalue weighted by atomic mass is 10.3. The van der Waals surface area contributed by atoms with Gasteiger partial charge in [0, 0.05) is 13.1 Å². The van der Waals surface area contributed by atoms with Crippen molar-refractivity contribution in [2.24, 2.45) is 0 Å². The molecule has 10 heavy (non-hydrogen) atoms. The standard InChI is InChI=1S/C8H13NO/c1-5-6-8(10)9(4)7(2)3/h1,5-7H,2-4H3/b6-5+. The number of carbonyl (C=O) groups excluding carboxylic acids is 1. The van der Waals surface area contributed by atoms with E-state index in [2.05, 4.69) is 0 Å². The molecule has 0 saturated carbocycles. The van der Waals surface area contributed by atoms with E-state index in [9.17, 15) is 4.79 Å². The summed E-state index contributed by atoms with van der Waals surface area (Å²) in [7, 11) is 1.74. The molecule has 1 amide bonds. The van der Waals surface area contributed by atoms with Crippen LogP contribution in [0.15, 0.2) is 12.2 Å². The van der Waals surface area contributed by atoms with Crippen molar-refractivity contribution < 1.29 is 4.79 Å². The molecule has 56 valence electrons. The summed E-state index contributed by atoms with van der Waals surface area (Å²) in [4.78, 5) is 12.6. The molecule has 0 bridgehead atoms. The lowest BCUT2D eigenvalue weighted by Crippen LogP contribution is -2.31. The molecule has 0 saturated heterocycles. The molecular formula is C8H13NO. The van der Waals surface area contributed by atoms with Crippen molar-refractivity contribution in [2.45, 2.75) is 19.9 Å². The van der Waals surface area contributed by atoms with Gasteiger partial charge in [-0.3, -0.25) is 4.79 Å². The van der Waals surface area contributed by atoms with Gasteiger partial charge in [-0.1, -0.05) is 6.08 Å². The highest BCUT2D eigenvalue weighted by Crippen LogP contribution is 1.94. The van der Waals surface area contributed by atoms with Gasteiger partial charge in [0.15, 0.2) is 0 Å². The first-order valence-corrected chi connectivity index (χ1v) is 3.24. The summed E-state index contributed by atoms with van der Waals surface area (Å²) >= 11 is 0. The Morgan fingerprint density at radius 1 is 1.60 bits per heavy atom. The van der Waals surface area contributed by atoms with Crippen LogP contribution in [0.5, 0.6) is 0 Å². The minimum atomic E-state index is -0.0579. The van der Waals surface area contributed by atoms with E-state index in [1.165, 1.54) is 12.2 Å². The van der Waals surface area contributed by atoms with E-state index in [-0.39, 0.29) is 11.9 Å². The van der Waals surface area contributed by atoms with E-state index in [4.69, 9.17) is 6.92 Å². The van der Waals surface area contributed by atoms with Gasteiger partial charge in [-0.2, -0.15) is 0 Å². The number of hydrogen-bond donors (Lipinski definition) is 0. The monoisotopic (exact) mass is 139 g/mol. The molecule has 0 heterocycles. The van der Waals surface area contributed by atoms with Gasteiger partial charge in [0.25, 0.3) is 0 Å². The van der Waals surface area contributed by atoms with E-state index in [1.54, 1.807) is 11.9 Å². The highest BCUT2D eigenvalue weighted by Gasteiger charge is 2.06. The minimum Gasteiger partial charge on any atom is -0.340 e. The molecule has 0 rings (SSSR count). The Hall–Kier alpha value is -0.790. The van der Waals surface area contributed by atoms with Crippen molar-refractivity contribution in [3.63, 3.8) is 0 Å². The number of carbonyl (C=O) groups is 1. The van der Waals surface area contributed by atoms with Crippen molar-refractivity contribution in [3.8, 4) is 0 Å². The van der Waals surface area contributed by atoms with Gasteiger partial charge in [0.1, 0.15) is 0 Å². The number of hydrogen-bond acceptors (Lipinski definition) is 1. The first kappa shape index (κ1) is 9.21. The van der Waals surface area contributed by atoms with Crippen LogP contribution in [0.3, 0.4) is 0 Å². The Labute approximate surface area is 62.5 Å². The second-order valence-corrected chi connectivity index (χ2v) is 2.40. The maximum absolute atomic E-state index is 10.9. The van der Waals surface area contributed by atoms with Gasteiger partial charge in [-0.25, -0.2) is 0 Å². The second kappa shape index (κ2) is 4.09. The molecule has 0 atom stereocenters. The first-order valence-electron chi connectivity index (χ1n) is 3.24. The first-order chi connectivity index (χ1) is 4.59. The summed E-state index contributed by atoms with van der Waals surface area (Å²) in [6, 6.07) is 0.226. The predicted molar refractivity (Wildman–Crippen MR) is 41.3 cm³/mol. The van der Waals surface area contributed by atoms with E-state index in [0.29, 0.717) is 0 Å². The smallest absolute Gasteiger partial charge is 0.246 e. The molecular weight excluding hydrogens is 126 g/mol. The zero-order valence-corrected chi connectivity index (χ0v) is 6.66. The van der Waals surface area contributed by atoms with Crippen molar-refractivity contribution in [2.75, 3.05) is 7.05 Å². The number of allylic oxidation sites excluding steroid dienone is 1. The lowest BCUT2D eigenvalue weighted by molar-refractivity contribution is -0.126. The van der Waals surface area contributed by atoms with Crippen LogP contribution in [0.1, 0.15) is 13.8 Å². The molecule has 0 aliphatic carbocycles. The zero-order chi connectivity index (χ0) is 8.15. The van der Waals surface area contributed by atoms with Crippen LogP contribution >= 0.6 is 0 Å². The highest BCUT2D eigenvalue weighted by atomic mass is 16.2. The molecule has 2 heteroatoms. The van der Waals surface area contributed by atoms with E-state index >= 15 is 0 Å². The molecule has 2 nitrogen and oxygen atoms in total. The normalized spacial score (nSPS) is 10.9. The fourth-order valence-corrected chi connectivity index (χ4v) is 0.454. The Morgan fingerprint density at radius 2 is 2.10 bits per heavy atom. The number of amides is 1. The van der Waals surface area contributed by atoms with Gasteiger partial charge >= 0.3 is 0 Å². The van der Waals surface area contributed by atoms with E-state index < -0.39 is 0 Å². The van der Waals surface area contributed by atoms with Crippen LogP contribution in [0, 0.1) is 6.92 Å². The van der Waals surface area contributed by atoms with Gasteiger partial charge in [0.2, 0.25) is 5.91 Å². The summed E-state index contributed by atoms with van der Waals surface area (Å²) in [5.41, 5.74) is 0. The van der Waals surface area contributed by atoms with Crippen LogP contribution in [0.25, 0.3) is 0 Å². The number of rotatable bonds is 2. The van der Waals surface area contributed by atoms with Crippen molar-refractivity contribution >= 4 is 5.91 Å². The molecule has 0 aromatic rings. The SMILES string of the molecule is [CH]/C=C/C(=O)N(C)C(C)C. The lowest BCUT2D eigenvalue weighted by Gasteiger charge is -2.19. The summed E-state index contributed by atoms with van der Waals surface area (Å²) in [6.45, 7) is 8.93. The van der Waals surface area contributed by atoms with Gasteiger partial charge in [-0.15, -0.1) is 0 Å². The predicted octanol–water partition coefficient (Wildman–Crippen LogP) is 1.12. The van der Waals surface area contributed by atoms with Crippen LogP contribution in [0.2, 0.25) is 0 Å². The Morgan fingerprint density at radius 3 is 2.40 bits per heavy atom. The van der Waals surface area contributed by atoms with Gasteiger partial charge < -0.3 is 4.90 Å². The summed E-state index contributed by atoms with van der Waals surface area (Å²) in [6.07, 6.45) is 2.60. The topological polar surface area (TPSA) is 20.3 Å². The summed E-state index contributed by atoms with van der Waals surface area (Å²) < 4.78 is 0. The fourth-order valence-electron chi connectivity index (χ4n) is 0.454. The van der Waals surface area contributed by atoms with Crippen LogP contribution in [-0.2, 0) is 4.79 Å². The fraction of sp³-hybridized carbons (Fsp3) is 0.500. The van der Waals surface area contributed by atoms with Crippen LogP contribution < -0.4 is 0 Å². The van der Waals surface area contributed by atoms with Crippen LogP contribution in [-0.4, -0.2) is 23.9 Å². The third-order valence-corrected chi connectivity index (χ3v) is 1.36.